The molecule has 3 aromatic carbocycles. The standard InChI is InChI=1S/C26H21NO4S2/c1-17-6-8-19(9-7-17)16-31-22-5-3-2-4-20(22)15-23-25(30)27(26(32)33-23)21-12-10-18(11-13-21)14-24(28)29/h2-13,15H,14,16H2,1H3,(H,28,29)/b23-15-. The second kappa shape index (κ2) is 10.0. The SMILES string of the molecule is Cc1ccc(COc2ccccc2/C=C2\SC(=S)N(c3ccc(CC(=O)O)cc3)C2=O)cc1. The van der Waals surface area contributed by atoms with E-state index in [0.29, 0.717) is 32.8 Å². The van der Waals surface area contributed by atoms with Crippen molar-refractivity contribution in [3.8, 4) is 5.75 Å². The lowest BCUT2D eigenvalue weighted by atomic mass is 10.1. The van der Waals surface area contributed by atoms with Gasteiger partial charge in [0.1, 0.15) is 12.4 Å². The van der Waals surface area contributed by atoms with Crippen LogP contribution in [0.5, 0.6) is 5.75 Å². The number of aliphatic carboxylic acids is 1. The number of carbonyl (C=O) groups is 2. The number of thioether (sulfide) groups is 1. The van der Waals surface area contributed by atoms with Crippen LogP contribution < -0.4 is 9.64 Å². The molecule has 0 radical (unpaired) electrons. The van der Waals surface area contributed by atoms with Gasteiger partial charge in [-0.05, 0) is 42.3 Å². The van der Waals surface area contributed by atoms with Gasteiger partial charge in [0.25, 0.3) is 5.91 Å². The molecule has 1 N–H and O–H groups in total. The number of carbonyl (C=O) groups excluding carboxylic acids is 1. The first-order chi connectivity index (χ1) is 15.9. The Labute approximate surface area is 201 Å². The molecule has 7 heteroatoms. The summed E-state index contributed by atoms with van der Waals surface area (Å²) < 4.78 is 6.46. The molecule has 33 heavy (non-hydrogen) atoms. The van der Waals surface area contributed by atoms with Crippen molar-refractivity contribution in [1.29, 1.82) is 0 Å². The maximum absolute atomic E-state index is 13.1. The number of thiocarbonyl (C=S) groups is 1. The molecule has 0 atom stereocenters. The smallest absolute Gasteiger partial charge is 0.307 e. The van der Waals surface area contributed by atoms with Crippen molar-refractivity contribution in [3.63, 3.8) is 0 Å². The summed E-state index contributed by atoms with van der Waals surface area (Å²) in [5.74, 6) is -0.440. The molecule has 166 valence electrons. The summed E-state index contributed by atoms with van der Waals surface area (Å²) in [4.78, 5) is 26.0. The normalized spacial score (nSPS) is 14.7. The Morgan fingerprint density at radius 2 is 1.70 bits per heavy atom. The number of hydrogen-bond donors (Lipinski definition) is 1. The molecular formula is C26H21NO4S2. The van der Waals surface area contributed by atoms with Gasteiger partial charge in [0.05, 0.1) is 17.0 Å². The quantitative estimate of drug-likeness (QED) is 0.354. The highest BCUT2D eigenvalue weighted by atomic mass is 32.2. The van der Waals surface area contributed by atoms with E-state index in [0.717, 1.165) is 11.1 Å². The fourth-order valence-electron chi connectivity index (χ4n) is 3.35. The van der Waals surface area contributed by atoms with Crippen molar-refractivity contribution in [3.05, 3.63) is 100.0 Å². The fraction of sp³-hybridized carbons (Fsp3) is 0.115. The number of ether oxygens (including phenoxy) is 1. The summed E-state index contributed by atoms with van der Waals surface area (Å²) in [7, 11) is 0. The van der Waals surface area contributed by atoms with Crippen molar-refractivity contribution in [2.75, 3.05) is 4.90 Å². The molecule has 1 saturated heterocycles. The summed E-state index contributed by atoms with van der Waals surface area (Å²) in [5, 5.41) is 8.94. The molecule has 0 aromatic heterocycles. The number of carboxylic acid groups (broad SMARTS) is 1. The van der Waals surface area contributed by atoms with Gasteiger partial charge >= 0.3 is 5.97 Å². The Kier molecular flexibility index (Phi) is 6.91. The largest absolute Gasteiger partial charge is 0.488 e. The van der Waals surface area contributed by atoms with E-state index >= 15 is 0 Å². The van der Waals surface area contributed by atoms with Crippen LogP contribution in [0.15, 0.2) is 77.7 Å². The van der Waals surface area contributed by atoms with Crippen molar-refractivity contribution >= 4 is 51.9 Å². The third kappa shape index (κ3) is 5.50. The van der Waals surface area contributed by atoms with Gasteiger partial charge in [-0.3, -0.25) is 14.5 Å². The summed E-state index contributed by atoms with van der Waals surface area (Å²) >= 11 is 6.69. The zero-order chi connectivity index (χ0) is 23.4. The number of hydrogen-bond acceptors (Lipinski definition) is 5. The fourth-order valence-corrected chi connectivity index (χ4v) is 4.64. The van der Waals surface area contributed by atoms with Crippen LogP contribution in [-0.4, -0.2) is 21.3 Å². The van der Waals surface area contributed by atoms with Crippen LogP contribution in [0.25, 0.3) is 6.08 Å². The summed E-state index contributed by atoms with van der Waals surface area (Å²) in [5.41, 5.74) is 4.32. The van der Waals surface area contributed by atoms with Crippen molar-refractivity contribution < 1.29 is 19.4 Å². The lowest BCUT2D eigenvalue weighted by Gasteiger charge is -2.15. The minimum absolute atomic E-state index is 0.0715. The number of carboxylic acids is 1. The van der Waals surface area contributed by atoms with E-state index in [1.54, 1.807) is 30.3 Å². The van der Waals surface area contributed by atoms with Crippen LogP contribution in [0.4, 0.5) is 5.69 Å². The van der Waals surface area contributed by atoms with Gasteiger partial charge in [0.2, 0.25) is 0 Å². The highest BCUT2D eigenvalue weighted by Gasteiger charge is 2.33. The Morgan fingerprint density at radius 1 is 1.03 bits per heavy atom. The molecule has 0 aliphatic carbocycles. The van der Waals surface area contributed by atoms with Crippen LogP contribution in [0.2, 0.25) is 0 Å². The van der Waals surface area contributed by atoms with Gasteiger partial charge < -0.3 is 9.84 Å². The second-order valence-corrected chi connectivity index (χ2v) is 9.24. The van der Waals surface area contributed by atoms with Crippen LogP contribution in [-0.2, 0) is 22.6 Å². The van der Waals surface area contributed by atoms with E-state index in [4.69, 9.17) is 22.1 Å². The zero-order valence-corrected chi connectivity index (χ0v) is 19.5. The van der Waals surface area contributed by atoms with Gasteiger partial charge in [-0.2, -0.15) is 0 Å². The molecular weight excluding hydrogens is 454 g/mol. The Balaban J connectivity index is 1.52. The van der Waals surface area contributed by atoms with Crippen LogP contribution in [0.1, 0.15) is 22.3 Å². The van der Waals surface area contributed by atoms with E-state index in [9.17, 15) is 9.59 Å². The Hall–Kier alpha value is -3.42. The van der Waals surface area contributed by atoms with Crippen LogP contribution in [0.3, 0.4) is 0 Å². The predicted molar refractivity (Wildman–Crippen MR) is 135 cm³/mol. The number of nitrogens with zero attached hydrogens (tertiary/aromatic N) is 1. The van der Waals surface area contributed by atoms with Gasteiger partial charge in [0.15, 0.2) is 4.32 Å². The number of rotatable bonds is 7. The van der Waals surface area contributed by atoms with Gasteiger partial charge in [0, 0.05) is 5.56 Å². The highest BCUT2D eigenvalue weighted by Crippen LogP contribution is 2.37. The molecule has 4 rings (SSSR count). The Bertz CT molecular complexity index is 1230. The van der Waals surface area contributed by atoms with Crippen LogP contribution >= 0.6 is 24.0 Å². The van der Waals surface area contributed by atoms with Gasteiger partial charge in [-0.1, -0.05) is 84.1 Å². The van der Waals surface area contributed by atoms with E-state index < -0.39 is 5.97 Å². The molecule has 1 aliphatic heterocycles. The lowest BCUT2D eigenvalue weighted by Crippen LogP contribution is -2.27. The van der Waals surface area contributed by atoms with Gasteiger partial charge in [-0.15, -0.1) is 0 Å². The highest BCUT2D eigenvalue weighted by molar-refractivity contribution is 8.27. The average Bonchev–Trinajstić information content (AvgIpc) is 3.07. The lowest BCUT2D eigenvalue weighted by molar-refractivity contribution is -0.136. The van der Waals surface area contributed by atoms with Crippen molar-refractivity contribution in [2.45, 2.75) is 20.0 Å². The minimum Gasteiger partial charge on any atom is -0.488 e. The number of amides is 1. The number of para-hydroxylation sites is 1. The molecule has 5 nitrogen and oxygen atoms in total. The van der Waals surface area contributed by atoms with E-state index in [1.807, 2.05) is 55.5 Å². The third-order valence-electron chi connectivity index (χ3n) is 5.06. The Morgan fingerprint density at radius 3 is 2.39 bits per heavy atom. The van der Waals surface area contributed by atoms with E-state index in [1.165, 1.54) is 22.2 Å². The maximum Gasteiger partial charge on any atom is 0.307 e. The third-order valence-corrected chi connectivity index (χ3v) is 6.37. The summed E-state index contributed by atoms with van der Waals surface area (Å²) in [6.07, 6.45) is 1.72. The number of anilines is 1. The molecule has 0 spiro atoms. The molecule has 3 aromatic rings. The van der Waals surface area contributed by atoms with E-state index in [-0.39, 0.29) is 12.3 Å². The molecule has 1 amide bonds. The molecule has 0 unspecified atom stereocenters. The predicted octanol–water partition coefficient (Wildman–Crippen LogP) is 5.61. The maximum atomic E-state index is 13.1. The topological polar surface area (TPSA) is 66.8 Å². The van der Waals surface area contributed by atoms with Gasteiger partial charge in [-0.25, -0.2) is 0 Å². The van der Waals surface area contributed by atoms with Crippen LogP contribution in [0, 0.1) is 6.92 Å². The average molecular weight is 476 g/mol. The summed E-state index contributed by atoms with van der Waals surface area (Å²) in [6.45, 7) is 2.47. The summed E-state index contributed by atoms with van der Waals surface area (Å²) in [6, 6.07) is 22.5. The first kappa shape index (κ1) is 22.8. The molecule has 1 aliphatic rings. The molecule has 1 heterocycles. The monoisotopic (exact) mass is 475 g/mol. The second-order valence-electron chi connectivity index (χ2n) is 7.57. The molecule has 0 bridgehead atoms. The van der Waals surface area contributed by atoms with Crippen molar-refractivity contribution in [1.82, 2.24) is 0 Å². The van der Waals surface area contributed by atoms with E-state index in [2.05, 4.69) is 0 Å². The first-order valence-electron chi connectivity index (χ1n) is 10.3. The van der Waals surface area contributed by atoms with Crippen molar-refractivity contribution in [2.24, 2.45) is 0 Å². The molecule has 0 saturated carbocycles. The molecule has 1 fully saturated rings. The first-order valence-corrected chi connectivity index (χ1v) is 11.5. The number of aryl methyl sites for hydroxylation is 1. The number of benzene rings is 3. The minimum atomic E-state index is -0.903. The zero-order valence-electron chi connectivity index (χ0n) is 17.9.